The Morgan fingerprint density at radius 2 is 2.21 bits per heavy atom. The predicted octanol–water partition coefficient (Wildman–Crippen LogP) is 1.13. The largest absolute Gasteiger partial charge is 0.477 e. The fraction of sp³-hybridized carbons (Fsp3) is 0.308. The molecule has 2 aromatic rings. The molecule has 1 N–H and O–H groups in total. The molecule has 0 aromatic carbocycles. The monoisotopic (exact) mass is 259 g/mol. The van der Waals surface area contributed by atoms with Gasteiger partial charge in [0.15, 0.2) is 0 Å². The molecule has 1 fully saturated rings. The second-order valence-electron chi connectivity index (χ2n) is 4.70. The second kappa shape index (κ2) is 4.38. The Labute approximate surface area is 108 Å². The zero-order valence-corrected chi connectivity index (χ0v) is 10.2. The molecule has 0 bridgehead atoms. The lowest BCUT2D eigenvalue weighted by Crippen LogP contribution is -2.23. The van der Waals surface area contributed by atoms with E-state index < -0.39 is 5.97 Å². The Kier molecular flexibility index (Phi) is 2.70. The van der Waals surface area contributed by atoms with Crippen molar-refractivity contribution >= 4 is 5.97 Å². The molecule has 3 rings (SSSR count). The van der Waals surface area contributed by atoms with Gasteiger partial charge in [-0.2, -0.15) is 0 Å². The Hall–Kier alpha value is -2.37. The summed E-state index contributed by atoms with van der Waals surface area (Å²) in [5.41, 5.74) is 0.700. The van der Waals surface area contributed by atoms with Crippen molar-refractivity contribution in [2.24, 2.45) is 0 Å². The average molecular weight is 259 g/mol. The van der Waals surface area contributed by atoms with E-state index in [1.54, 1.807) is 27.6 Å². The maximum atomic E-state index is 12.1. The average Bonchev–Trinajstić information content (AvgIpc) is 3.17. The topological polar surface area (TPSA) is 77.1 Å². The zero-order valence-electron chi connectivity index (χ0n) is 10.2. The van der Waals surface area contributed by atoms with Crippen LogP contribution < -0.4 is 5.69 Å². The van der Waals surface area contributed by atoms with E-state index in [4.69, 9.17) is 5.11 Å². The maximum absolute atomic E-state index is 12.1. The fourth-order valence-corrected chi connectivity index (χ4v) is 2.07. The standard InChI is InChI=1S/C13H13N3O3/c17-12(18)11-7-9(3-4-14-11)8-15-5-6-16(13(15)19)10-1-2-10/h3-7,10H,1-2,8H2,(H,17,18). The minimum atomic E-state index is -1.07. The Balaban J connectivity index is 1.87. The van der Waals surface area contributed by atoms with E-state index in [2.05, 4.69) is 4.98 Å². The third-order valence-corrected chi connectivity index (χ3v) is 3.21. The lowest BCUT2D eigenvalue weighted by molar-refractivity contribution is 0.0690. The molecule has 1 saturated carbocycles. The molecule has 0 unspecified atom stereocenters. The number of aromatic carboxylic acids is 1. The molecule has 0 atom stereocenters. The number of hydrogen-bond donors (Lipinski definition) is 1. The molecule has 0 amide bonds. The lowest BCUT2D eigenvalue weighted by Gasteiger charge is -2.03. The number of pyridine rings is 1. The summed E-state index contributed by atoms with van der Waals surface area (Å²) < 4.78 is 3.32. The number of rotatable bonds is 4. The summed E-state index contributed by atoms with van der Waals surface area (Å²) in [5.74, 6) is -1.07. The van der Waals surface area contributed by atoms with Crippen molar-refractivity contribution in [1.82, 2.24) is 14.1 Å². The van der Waals surface area contributed by atoms with Crippen LogP contribution in [0.5, 0.6) is 0 Å². The van der Waals surface area contributed by atoms with Gasteiger partial charge in [-0.25, -0.2) is 14.6 Å². The van der Waals surface area contributed by atoms with Gasteiger partial charge < -0.3 is 5.11 Å². The summed E-state index contributed by atoms with van der Waals surface area (Å²) in [4.78, 5) is 26.7. The maximum Gasteiger partial charge on any atom is 0.354 e. The van der Waals surface area contributed by atoms with Gasteiger partial charge in [0.2, 0.25) is 0 Å². The number of nitrogens with zero attached hydrogens (tertiary/aromatic N) is 3. The highest BCUT2D eigenvalue weighted by Gasteiger charge is 2.25. The predicted molar refractivity (Wildman–Crippen MR) is 67.3 cm³/mol. The van der Waals surface area contributed by atoms with Crippen molar-refractivity contribution in [2.45, 2.75) is 25.4 Å². The van der Waals surface area contributed by atoms with Crippen molar-refractivity contribution < 1.29 is 9.90 Å². The first-order chi connectivity index (χ1) is 9.15. The highest BCUT2D eigenvalue weighted by molar-refractivity contribution is 5.85. The SMILES string of the molecule is O=C(O)c1cc(Cn2ccn(C3CC3)c2=O)ccn1. The molecule has 1 aliphatic rings. The summed E-state index contributed by atoms with van der Waals surface area (Å²) in [6, 6.07) is 3.55. The van der Waals surface area contributed by atoms with Crippen LogP contribution in [0.15, 0.2) is 35.5 Å². The Bertz CT molecular complexity index is 682. The highest BCUT2D eigenvalue weighted by atomic mass is 16.4. The molecule has 6 heteroatoms. The molecule has 19 heavy (non-hydrogen) atoms. The third kappa shape index (κ3) is 2.29. The molecule has 2 heterocycles. The van der Waals surface area contributed by atoms with E-state index in [1.807, 2.05) is 0 Å². The van der Waals surface area contributed by atoms with Crippen LogP contribution in [-0.2, 0) is 6.54 Å². The van der Waals surface area contributed by atoms with Crippen LogP contribution in [0.25, 0.3) is 0 Å². The molecule has 1 aliphatic carbocycles. The Morgan fingerprint density at radius 3 is 2.89 bits per heavy atom. The normalized spacial score (nSPS) is 14.5. The number of carbonyl (C=O) groups is 1. The summed E-state index contributed by atoms with van der Waals surface area (Å²) >= 11 is 0. The molecular weight excluding hydrogens is 246 g/mol. The lowest BCUT2D eigenvalue weighted by atomic mass is 10.2. The molecule has 0 radical (unpaired) electrons. The van der Waals surface area contributed by atoms with E-state index in [0.717, 1.165) is 18.4 Å². The second-order valence-corrected chi connectivity index (χ2v) is 4.70. The van der Waals surface area contributed by atoms with Gasteiger partial charge in [-0.3, -0.25) is 9.13 Å². The van der Waals surface area contributed by atoms with Crippen molar-refractivity contribution in [3.05, 3.63) is 52.5 Å². The Morgan fingerprint density at radius 1 is 1.42 bits per heavy atom. The van der Waals surface area contributed by atoms with E-state index in [-0.39, 0.29) is 11.4 Å². The van der Waals surface area contributed by atoms with Crippen LogP contribution in [-0.4, -0.2) is 25.2 Å². The van der Waals surface area contributed by atoms with Gasteiger partial charge in [-0.05, 0) is 30.5 Å². The van der Waals surface area contributed by atoms with Gasteiger partial charge in [0.05, 0.1) is 6.54 Å². The van der Waals surface area contributed by atoms with Gasteiger partial charge in [0.1, 0.15) is 5.69 Å². The first-order valence-electron chi connectivity index (χ1n) is 6.10. The van der Waals surface area contributed by atoms with Crippen LogP contribution in [0.4, 0.5) is 0 Å². The number of aromatic nitrogens is 3. The molecule has 98 valence electrons. The number of carboxylic acids is 1. The van der Waals surface area contributed by atoms with Crippen LogP contribution >= 0.6 is 0 Å². The van der Waals surface area contributed by atoms with Crippen LogP contribution in [0.1, 0.15) is 34.9 Å². The van der Waals surface area contributed by atoms with E-state index >= 15 is 0 Å². The van der Waals surface area contributed by atoms with E-state index in [1.165, 1.54) is 12.3 Å². The molecular formula is C13H13N3O3. The third-order valence-electron chi connectivity index (χ3n) is 3.21. The first kappa shape index (κ1) is 11.7. The quantitative estimate of drug-likeness (QED) is 0.892. The minimum absolute atomic E-state index is 0.00725. The highest BCUT2D eigenvalue weighted by Crippen LogP contribution is 2.33. The summed E-state index contributed by atoms with van der Waals surface area (Å²) in [5, 5.41) is 8.88. The number of imidazole rings is 1. The van der Waals surface area contributed by atoms with E-state index in [0.29, 0.717) is 12.6 Å². The molecule has 2 aromatic heterocycles. The van der Waals surface area contributed by atoms with Crippen molar-refractivity contribution in [2.75, 3.05) is 0 Å². The van der Waals surface area contributed by atoms with Crippen molar-refractivity contribution in [3.8, 4) is 0 Å². The number of carboxylic acid groups (broad SMARTS) is 1. The van der Waals surface area contributed by atoms with Crippen molar-refractivity contribution in [3.63, 3.8) is 0 Å². The van der Waals surface area contributed by atoms with Crippen LogP contribution in [0, 0.1) is 0 Å². The van der Waals surface area contributed by atoms with Gasteiger partial charge in [0.25, 0.3) is 0 Å². The smallest absolute Gasteiger partial charge is 0.354 e. The molecule has 0 saturated heterocycles. The van der Waals surface area contributed by atoms with Gasteiger partial charge in [-0.15, -0.1) is 0 Å². The fourth-order valence-electron chi connectivity index (χ4n) is 2.07. The van der Waals surface area contributed by atoms with Gasteiger partial charge in [0, 0.05) is 24.6 Å². The molecule has 0 aliphatic heterocycles. The van der Waals surface area contributed by atoms with Crippen LogP contribution in [0.3, 0.4) is 0 Å². The van der Waals surface area contributed by atoms with Gasteiger partial charge in [-0.1, -0.05) is 0 Å². The zero-order chi connectivity index (χ0) is 13.4. The summed E-state index contributed by atoms with van der Waals surface area (Å²) in [7, 11) is 0. The van der Waals surface area contributed by atoms with Crippen LogP contribution in [0.2, 0.25) is 0 Å². The molecule has 0 spiro atoms. The molecule has 6 nitrogen and oxygen atoms in total. The van der Waals surface area contributed by atoms with Gasteiger partial charge >= 0.3 is 11.7 Å². The van der Waals surface area contributed by atoms with Crippen molar-refractivity contribution in [1.29, 1.82) is 0 Å². The first-order valence-corrected chi connectivity index (χ1v) is 6.10. The summed E-state index contributed by atoms with van der Waals surface area (Å²) in [6.07, 6.45) is 7.09. The number of hydrogen-bond acceptors (Lipinski definition) is 3. The summed E-state index contributed by atoms with van der Waals surface area (Å²) in [6.45, 7) is 0.362. The minimum Gasteiger partial charge on any atom is -0.477 e. The van der Waals surface area contributed by atoms with E-state index in [9.17, 15) is 9.59 Å².